The molecule has 38 heavy (non-hydrogen) atoms. The zero-order valence-electron chi connectivity index (χ0n) is 23.4. The highest BCUT2D eigenvalue weighted by molar-refractivity contribution is 6.78. The van der Waals surface area contributed by atoms with E-state index in [2.05, 4.69) is 41.5 Å². The Morgan fingerprint density at radius 3 is 2.18 bits per heavy atom. The van der Waals surface area contributed by atoms with Crippen LogP contribution in [0.3, 0.4) is 0 Å². The van der Waals surface area contributed by atoms with Crippen molar-refractivity contribution < 1.29 is 23.5 Å². The molecule has 2 aromatic carbocycles. The molecule has 0 saturated carbocycles. The lowest BCUT2D eigenvalue weighted by Gasteiger charge is -2.42. The van der Waals surface area contributed by atoms with Crippen molar-refractivity contribution >= 4 is 36.0 Å². The number of pyridine rings is 1. The number of benzene rings is 2. The Labute approximate surface area is 224 Å². The number of esters is 1. The fourth-order valence-corrected chi connectivity index (χ4v) is 11.3. The summed E-state index contributed by atoms with van der Waals surface area (Å²) in [6.45, 7) is 13.2. The van der Waals surface area contributed by atoms with Gasteiger partial charge >= 0.3 is 5.97 Å². The molecule has 6 nitrogen and oxygen atoms in total. The number of aryl methyl sites for hydroxylation is 1. The number of nitrogens with zero attached hydrogens (tertiary/aromatic N) is 2. The predicted molar refractivity (Wildman–Crippen MR) is 152 cm³/mol. The number of hydrogen-bond donors (Lipinski definition) is 1. The molecule has 2 aromatic heterocycles. The van der Waals surface area contributed by atoms with E-state index in [9.17, 15) is 14.3 Å². The normalized spacial score (nSPS) is 12.3. The van der Waals surface area contributed by atoms with Crippen molar-refractivity contribution in [3.63, 3.8) is 0 Å². The summed E-state index contributed by atoms with van der Waals surface area (Å²) in [4.78, 5) is 18.0. The number of carbonyl (C=O) groups excluding carboxylic acids is 1. The second-order valence-electron chi connectivity index (χ2n) is 11.0. The van der Waals surface area contributed by atoms with E-state index >= 15 is 0 Å². The highest BCUT2D eigenvalue weighted by atomic mass is 28.4. The van der Waals surface area contributed by atoms with Gasteiger partial charge in [-0.05, 0) is 52.4 Å². The number of rotatable bonds is 8. The largest absolute Gasteiger partial charge is 0.541 e. The van der Waals surface area contributed by atoms with E-state index in [1.807, 2.05) is 6.07 Å². The molecular weight excluding hydrogens is 499 g/mol. The zero-order valence-corrected chi connectivity index (χ0v) is 24.4. The van der Waals surface area contributed by atoms with Crippen LogP contribution in [0.15, 0.2) is 42.7 Å². The van der Waals surface area contributed by atoms with Gasteiger partial charge in [-0.25, -0.2) is 9.18 Å². The van der Waals surface area contributed by atoms with Gasteiger partial charge in [0.25, 0.3) is 8.32 Å². The zero-order chi connectivity index (χ0) is 27.9. The van der Waals surface area contributed by atoms with Crippen molar-refractivity contribution in [2.75, 3.05) is 7.11 Å². The molecule has 0 amide bonds. The van der Waals surface area contributed by atoms with E-state index < -0.39 is 14.3 Å². The van der Waals surface area contributed by atoms with Gasteiger partial charge in [0, 0.05) is 30.2 Å². The summed E-state index contributed by atoms with van der Waals surface area (Å²) in [6.07, 6.45) is 4.01. The number of halogens is 1. The summed E-state index contributed by atoms with van der Waals surface area (Å²) in [5, 5.41) is 12.8. The molecule has 4 rings (SSSR count). The van der Waals surface area contributed by atoms with E-state index in [4.69, 9.17) is 14.1 Å². The number of hydrogen-bond acceptors (Lipinski definition) is 5. The molecule has 202 valence electrons. The van der Waals surface area contributed by atoms with E-state index in [0.29, 0.717) is 39.4 Å². The smallest absolute Gasteiger partial charge is 0.339 e. The van der Waals surface area contributed by atoms with Crippen LogP contribution < -0.4 is 4.43 Å². The number of aromatic nitrogens is 2. The van der Waals surface area contributed by atoms with Gasteiger partial charge in [0.2, 0.25) is 5.88 Å². The van der Waals surface area contributed by atoms with Gasteiger partial charge < -0.3 is 18.8 Å². The summed E-state index contributed by atoms with van der Waals surface area (Å²) < 4.78 is 27.4. The third kappa shape index (κ3) is 4.55. The Hall–Kier alpha value is -3.39. The second-order valence-corrected chi connectivity index (χ2v) is 16.4. The summed E-state index contributed by atoms with van der Waals surface area (Å²) in [5.74, 6) is -0.284. The van der Waals surface area contributed by atoms with E-state index in [1.54, 1.807) is 36.1 Å². The predicted octanol–water partition coefficient (Wildman–Crippen LogP) is 7.50. The highest BCUT2D eigenvalue weighted by Crippen LogP contribution is 2.49. The molecule has 0 unspecified atom stereocenters. The Bertz CT molecular complexity index is 1470. The van der Waals surface area contributed by atoms with Crippen LogP contribution >= 0.6 is 0 Å². The molecule has 2 heterocycles. The minimum atomic E-state index is -2.46. The van der Waals surface area contributed by atoms with Gasteiger partial charge in [0.1, 0.15) is 17.1 Å². The van der Waals surface area contributed by atoms with E-state index in [-0.39, 0.29) is 28.3 Å². The molecule has 0 bridgehead atoms. The van der Waals surface area contributed by atoms with Crippen molar-refractivity contribution in [2.45, 2.75) is 64.6 Å². The lowest BCUT2D eigenvalue weighted by Crippen LogP contribution is -2.50. The minimum absolute atomic E-state index is 0.0124. The fourth-order valence-electron chi connectivity index (χ4n) is 6.06. The first-order valence-electron chi connectivity index (χ1n) is 13.1. The van der Waals surface area contributed by atoms with Gasteiger partial charge in [-0.1, -0.05) is 53.7 Å². The van der Waals surface area contributed by atoms with Crippen molar-refractivity contribution in [1.29, 1.82) is 0 Å². The summed E-state index contributed by atoms with van der Waals surface area (Å²) >= 11 is 0. The molecule has 0 atom stereocenters. The van der Waals surface area contributed by atoms with Gasteiger partial charge in [0.05, 0.1) is 18.1 Å². The SMILES string of the molecule is COC(=O)c1c2cc(Cc3ccc(F)cc3)cnc2c(O[Si](C(C)C)(C(C)C)C(C)C)c2c(O)n(C)cc12. The van der Waals surface area contributed by atoms with Crippen molar-refractivity contribution in [3.8, 4) is 11.6 Å². The summed E-state index contributed by atoms with van der Waals surface area (Å²) in [6, 6.07) is 8.26. The number of carbonyl (C=O) groups is 1. The number of methoxy groups -OCH3 is 1. The summed E-state index contributed by atoms with van der Waals surface area (Å²) in [7, 11) is 0.615. The lowest BCUT2D eigenvalue weighted by molar-refractivity contribution is 0.0605. The molecule has 0 aliphatic heterocycles. The molecular formula is C30H37FN2O4Si. The highest BCUT2D eigenvalue weighted by Gasteiger charge is 2.48. The Morgan fingerprint density at radius 2 is 1.63 bits per heavy atom. The first-order valence-corrected chi connectivity index (χ1v) is 15.2. The standard InChI is InChI=1S/C30H37FN2O4Si/c1-17(2)38(18(3)4,19(5)6)37-28-26-24(16-33(7)29(26)34)25(30(35)36-8)23-14-21(15-32-27(23)28)13-20-9-11-22(31)12-10-20/h9-12,14-19,34H,13H2,1-8H3. The summed E-state index contributed by atoms with van der Waals surface area (Å²) in [5.41, 5.74) is 3.50. The third-order valence-corrected chi connectivity index (χ3v) is 13.7. The average molecular weight is 537 g/mol. The Morgan fingerprint density at radius 1 is 1.03 bits per heavy atom. The quantitative estimate of drug-likeness (QED) is 0.186. The molecule has 1 N–H and O–H groups in total. The number of ether oxygens (including phenoxy) is 1. The molecule has 0 aliphatic rings. The van der Waals surface area contributed by atoms with Crippen molar-refractivity contribution in [1.82, 2.24) is 9.55 Å². The van der Waals surface area contributed by atoms with E-state index in [0.717, 1.165) is 11.1 Å². The van der Waals surface area contributed by atoms with Crippen LogP contribution in [0, 0.1) is 5.82 Å². The molecule has 8 heteroatoms. The van der Waals surface area contributed by atoms with Gasteiger partial charge in [-0.3, -0.25) is 4.98 Å². The molecule has 0 aliphatic carbocycles. The first-order chi connectivity index (χ1) is 17.9. The lowest BCUT2D eigenvalue weighted by atomic mass is 9.98. The fraction of sp³-hybridized carbons (Fsp3) is 0.400. The monoisotopic (exact) mass is 536 g/mol. The van der Waals surface area contributed by atoms with Crippen LogP contribution in [-0.2, 0) is 18.2 Å². The maximum Gasteiger partial charge on any atom is 0.339 e. The van der Waals surface area contributed by atoms with E-state index in [1.165, 1.54) is 19.2 Å². The van der Waals surface area contributed by atoms with Crippen LogP contribution in [0.1, 0.15) is 63.0 Å². The maximum atomic E-state index is 13.5. The molecule has 0 radical (unpaired) electrons. The van der Waals surface area contributed by atoms with Crippen LogP contribution in [0.5, 0.6) is 11.6 Å². The van der Waals surface area contributed by atoms with Gasteiger partial charge in [-0.2, -0.15) is 0 Å². The minimum Gasteiger partial charge on any atom is -0.541 e. The molecule has 0 spiro atoms. The van der Waals surface area contributed by atoms with Crippen LogP contribution in [0.2, 0.25) is 16.6 Å². The maximum absolute atomic E-state index is 13.5. The number of fused-ring (bicyclic) bond motifs is 2. The first kappa shape index (κ1) is 27.6. The van der Waals surface area contributed by atoms with Crippen molar-refractivity contribution in [3.05, 3.63) is 65.2 Å². The Balaban J connectivity index is 2.07. The number of aromatic hydroxyl groups is 1. The van der Waals surface area contributed by atoms with Crippen molar-refractivity contribution in [2.24, 2.45) is 7.05 Å². The van der Waals surface area contributed by atoms with Crippen LogP contribution in [0.25, 0.3) is 21.7 Å². The molecule has 0 saturated heterocycles. The van der Waals surface area contributed by atoms with Gasteiger partial charge in [0.15, 0.2) is 0 Å². The molecule has 4 aromatic rings. The van der Waals surface area contributed by atoms with Crippen LogP contribution in [0.4, 0.5) is 4.39 Å². The van der Waals surface area contributed by atoms with Gasteiger partial charge in [-0.15, -0.1) is 0 Å². The van der Waals surface area contributed by atoms with Crippen LogP contribution in [-0.4, -0.2) is 36.1 Å². The second kappa shape index (κ2) is 10.4. The molecule has 0 fully saturated rings. The third-order valence-electron chi connectivity index (χ3n) is 7.77. The topological polar surface area (TPSA) is 73.6 Å². The average Bonchev–Trinajstić information content (AvgIpc) is 3.15. The Kier molecular flexibility index (Phi) is 7.57.